The molecule has 20 heavy (non-hydrogen) atoms. The van der Waals surface area contributed by atoms with E-state index < -0.39 is 9.84 Å². The SMILES string of the molecule is CCOc1ccc(N)c(S(=O)(=O)CCc2ccsc2)c1. The number of rotatable bonds is 6. The van der Waals surface area contributed by atoms with Crippen LogP contribution in [0.5, 0.6) is 5.75 Å². The third kappa shape index (κ3) is 3.52. The highest BCUT2D eigenvalue weighted by atomic mass is 32.2. The van der Waals surface area contributed by atoms with Crippen molar-refractivity contribution in [1.29, 1.82) is 0 Å². The van der Waals surface area contributed by atoms with E-state index in [9.17, 15) is 8.42 Å². The second-order valence-electron chi connectivity index (χ2n) is 4.33. The normalized spacial score (nSPS) is 11.4. The molecule has 0 spiro atoms. The summed E-state index contributed by atoms with van der Waals surface area (Å²) >= 11 is 1.56. The first kappa shape index (κ1) is 14.9. The Labute approximate surface area is 123 Å². The maximum Gasteiger partial charge on any atom is 0.180 e. The van der Waals surface area contributed by atoms with Gasteiger partial charge in [0.25, 0.3) is 0 Å². The molecule has 1 heterocycles. The van der Waals surface area contributed by atoms with Crippen LogP contribution in [0, 0.1) is 0 Å². The third-order valence-corrected chi connectivity index (χ3v) is 5.37. The van der Waals surface area contributed by atoms with Crippen molar-refractivity contribution >= 4 is 26.9 Å². The Bertz CT molecular complexity index is 664. The molecule has 0 aliphatic heterocycles. The van der Waals surface area contributed by atoms with Gasteiger partial charge in [-0.05, 0) is 47.9 Å². The van der Waals surface area contributed by atoms with E-state index in [4.69, 9.17) is 10.5 Å². The predicted molar refractivity (Wildman–Crippen MR) is 82.1 cm³/mol. The molecule has 0 aliphatic rings. The maximum atomic E-state index is 12.4. The van der Waals surface area contributed by atoms with Crippen LogP contribution in [-0.2, 0) is 16.3 Å². The molecule has 0 aliphatic carbocycles. The minimum Gasteiger partial charge on any atom is -0.494 e. The molecule has 2 rings (SSSR count). The average Bonchev–Trinajstić information content (AvgIpc) is 2.92. The lowest BCUT2D eigenvalue weighted by atomic mass is 10.3. The average molecular weight is 311 g/mol. The van der Waals surface area contributed by atoms with Crippen molar-refractivity contribution in [3.63, 3.8) is 0 Å². The van der Waals surface area contributed by atoms with Crippen LogP contribution in [-0.4, -0.2) is 20.8 Å². The highest BCUT2D eigenvalue weighted by molar-refractivity contribution is 7.91. The molecule has 0 saturated heterocycles. The van der Waals surface area contributed by atoms with E-state index in [1.54, 1.807) is 23.5 Å². The van der Waals surface area contributed by atoms with E-state index in [1.807, 2.05) is 23.8 Å². The molecule has 1 aromatic carbocycles. The van der Waals surface area contributed by atoms with E-state index >= 15 is 0 Å². The molecule has 6 heteroatoms. The number of benzene rings is 1. The number of nitrogen functional groups attached to an aromatic ring is 1. The standard InChI is InChI=1S/C14H17NO3S2/c1-2-18-12-3-4-13(15)14(9-12)20(16,17)8-6-11-5-7-19-10-11/h3-5,7,9-10H,2,6,8,15H2,1H3. The fourth-order valence-corrected chi connectivity index (χ4v) is 3.99. The first-order chi connectivity index (χ1) is 9.53. The zero-order chi connectivity index (χ0) is 14.6. The minimum absolute atomic E-state index is 0.0452. The lowest BCUT2D eigenvalue weighted by molar-refractivity contribution is 0.339. The quantitative estimate of drug-likeness (QED) is 0.833. The van der Waals surface area contributed by atoms with Gasteiger partial charge in [0.15, 0.2) is 9.84 Å². The summed E-state index contributed by atoms with van der Waals surface area (Å²) in [6, 6.07) is 6.68. The maximum absolute atomic E-state index is 12.4. The molecule has 108 valence electrons. The lowest BCUT2D eigenvalue weighted by Gasteiger charge is -2.10. The van der Waals surface area contributed by atoms with Crippen LogP contribution >= 0.6 is 11.3 Å². The fraction of sp³-hybridized carbons (Fsp3) is 0.286. The number of ether oxygens (including phenoxy) is 1. The molecule has 0 atom stereocenters. The summed E-state index contributed by atoms with van der Waals surface area (Å²) in [4.78, 5) is 0.152. The van der Waals surface area contributed by atoms with Gasteiger partial charge in [0.05, 0.1) is 22.9 Å². The number of thiophene rings is 1. The van der Waals surface area contributed by atoms with Crippen molar-refractivity contribution in [3.8, 4) is 5.75 Å². The minimum atomic E-state index is -3.41. The number of sulfone groups is 1. The third-order valence-electron chi connectivity index (χ3n) is 2.87. The molecule has 2 aromatic rings. The monoisotopic (exact) mass is 311 g/mol. The van der Waals surface area contributed by atoms with E-state index in [1.165, 1.54) is 6.07 Å². The number of hydrogen-bond donors (Lipinski definition) is 1. The van der Waals surface area contributed by atoms with Gasteiger partial charge in [0, 0.05) is 6.07 Å². The Balaban J connectivity index is 2.21. The molecule has 4 nitrogen and oxygen atoms in total. The summed E-state index contributed by atoms with van der Waals surface area (Å²) in [5.41, 5.74) is 7.08. The Hall–Kier alpha value is -1.53. The van der Waals surface area contributed by atoms with Gasteiger partial charge in [-0.3, -0.25) is 0 Å². The summed E-state index contributed by atoms with van der Waals surface area (Å²) in [5.74, 6) is 0.569. The van der Waals surface area contributed by atoms with E-state index in [0.717, 1.165) is 5.56 Å². The summed E-state index contributed by atoms with van der Waals surface area (Å²) in [6.45, 7) is 2.33. The molecule has 0 unspecified atom stereocenters. The number of nitrogens with two attached hydrogens (primary N) is 1. The highest BCUT2D eigenvalue weighted by Crippen LogP contribution is 2.25. The molecule has 0 fully saturated rings. The predicted octanol–water partition coefficient (Wildman–Crippen LogP) is 2.75. The van der Waals surface area contributed by atoms with Crippen molar-refractivity contribution in [1.82, 2.24) is 0 Å². The zero-order valence-electron chi connectivity index (χ0n) is 11.2. The molecular formula is C14H17NO3S2. The van der Waals surface area contributed by atoms with Gasteiger partial charge in [-0.1, -0.05) is 0 Å². The smallest absolute Gasteiger partial charge is 0.180 e. The Morgan fingerprint density at radius 1 is 1.30 bits per heavy atom. The van der Waals surface area contributed by atoms with Gasteiger partial charge in [0.2, 0.25) is 0 Å². The molecule has 2 N–H and O–H groups in total. The van der Waals surface area contributed by atoms with Crippen molar-refractivity contribution in [2.24, 2.45) is 0 Å². The van der Waals surface area contributed by atoms with Crippen LogP contribution in [0.3, 0.4) is 0 Å². The van der Waals surface area contributed by atoms with Crippen LogP contribution < -0.4 is 10.5 Å². The molecule has 0 saturated carbocycles. The zero-order valence-corrected chi connectivity index (χ0v) is 12.8. The van der Waals surface area contributed by atoms with Gasteiger partial charge in [-0.15, -0.1) is 0 Å². The summed E-state index contributed by atoms with van der Waals surface area (Å²) in [7, 11) is -3.41. The Morgan fingerprint density at radius 2 is 2.10 bits per heavy atom. The summed E-state index contributed by atoms with van der Waals surface area (Å²) in [5, 5.41) is 3.89. The summed E-state index contributed by atoms with van der Waals surface area (Å²) < 4.78 is 30.1. The first-order valence-corrected chi connectivity index (χ1v) is 8.88. The van der Waals surface area contributed by atoms with Crippen LogP contribution in [0.1, 0.15) is 12.5 Å². The van der Waals surface area contributed by atoms with Crippen molar-refractivity contribution in [3.05, 3.63) is 40.6 Å². The molecule has 0 amide bonds. The van der Waals surface area contributed by atoms with Crippen LogP contribution in [0.25, 0.3) is 0 Å². The van der Waals surface area contributed by atoms with Crippen molar-refractivity contribution in [2.75, 3.05) is 18.1 Å². The van der Waals surface area contributed by atoms with Crippen molar-refractivity contribution in [2.45, 2.75) is 18.2 Å². The van der Waals surface area contributed by atoms with Gasteiger partial charge in [-0.25, -0.2) is 8.42 Å². The van der Waals surface area contributed by atoms with Crippen molar-refractivity contribution < 1.29 is 13.2 Å². The van der Waals surface area contributed by atoms with Gasteiger partial charge >= 0.3 is 0 Å². The highest BCUT2D eigenvalue weighted by Gasteiger charge is 2.18. The Morgan fingerprint density at radius 3 is 2.75 bits per heavy atom. The second-order valence-corrected chi connectivity index (χ2v) is 7.19. The second kappa shape index (κ2) is 6.28. The number of anilines is 1. The van der Waals surface area contributed by atoms with Gasteiger partial charge in [-0.2, -0.15) is 11.3 Å². The number of hydrogen-bond acceptors (Lipinski definition) is 5. The molecule has 0 bridgehead atoms. The van der Waals surface area contributed by atoms with E-state index in [0.29, 0.717) is 18.8 Å². The first-order valence-electron chi connectivity index (χ1n) is 6.29. The molecule has 0 radical (unpaired) electrons. The summed E-state index contributed by atoms with van der Waals surface area (Å²) in [6.07, 6.45) is 0.490. The van der Waals surface area contributed by atoms with Crippen LogP contribution in [0.2, 0.25) is 0 Å². The van der Waals surface area contributed by atoms with E-state index in [-0.39, 0.29) is 16.3 Å². The Kier molecular flexibility index (Phi) is 4.67. The van der Waals surface area contributed by atoms with Crippen LogP contribution in [0.4, 0.5) is 5.69 Å². The molecule has 1 aromatic heterocycles. The van der Waals surface area contributed by atoms with Gasteiger partial charge in [0.1, 0.15) is 5.75 Å². The lowest BCUT2D eigenvalue weighted by Crippen LogP contribution is -2.11. The van der Waals surface area contributed by atoms with E-state index in [2.05, 4.69) is 0 Å². The topological polar surface area (TPSA) is 69.4 Å². The molecular weight excluding hydrogens is 294 g/mol. The fourth-order valence-electron chi connectivity index (χ4n) is 1.84. The van der Waals surface area contributed by atoms with Gasteiger partial charge < -0.3 is 10.5 Å². The number of aryl methyl sites for hydroxylation is 1. The largest absolute Gasteiger partial charge is 0.494 e. The van der Waals surface area contributed by atoms with Crippen LogP contribution in [0.15, 0.2) is 39.9 Å².